The summed E-state index contributed by atoms with van der Waals surface area (Å²) in [6.07, 6.45) is 0. The maximum absolute atomic E-state index is 12.9. The van der Waals surface area contributed by atoms with Crippen LogP contribution in [0.3, 0.4) is 0 Å². The van der Waals surface area contributed by atoms with Gasteiger partial charge in [-0.05, 0) is 30.8 Å². The Morgan fingerprint density at radius 3 is 2.70 bits per heavy atom. The first kappa shape index (κ1) is 14.0. The molecule has 0 aromatic heterocycles. The number of phenolic OH excluding ortho intramolecular Hbond substituents is 1. The molecule has 0 saturated heterocycles. The molecule has 5 heteroatoms. The van der Waals surface area contributed by atoms with Crippen LogP contribution in [0, 0.1) is 5.82 Å². The summed E-state index contributed by atoms with van der Waals surface area (Å²) in [5.41, 5.74) is 1.60. The minimum atomic E-state index is -0.588. The van der Waals surface area contributed by atoms with E-state index in [-0.39, 0.29) is 11.3 Å². The number of benzene rings is 2. The molecule has 0 atom stereocenters. The van der Waals surface area contributed by atoms with Crippen molar-refractivity contribution in [1.82, 2.24) is 5.32 Å². The number of phenols is 1. The largest absolute Gasteiger partial charge is 0.507 e. The van der Waals surface area contributed by atoms with Crippen molar-refractivity contribution >= 4 is 11.6 Å². The zero-order valence-electron chi connectivity index (χ0n) is 11.0. The highest BCUT2D eigenvalue weighted by atomic mass is 19.1. The standard InChI is InChI=1S/C15H15FN2O2/c1-17-9-10-4-2-3-5-13(10)18-15(20)12-7-6-11(16)8-14(12)19/h2-8,17,19H,9H2,1H3,(H,18,20). The predicted octanol–water partition coefficient (Wildman–Crippen LogP) is 2.50. The Bertz CT molecular complexity index is 629. The van der Waals surface area contributed by atoms with Crippen molar-refractivity contribution in [2.45, 2.75) is 6.54 Å². The molecule has 0 bridgehead atoms. The first-order valence-electron chi connectivity index (χ1n) is 6.14. The summed E-state index contributed by atoms with van der Waals surface area (Å²) in [5.74, 6) is -1.45. The van der Waals surface area contributed by atoms with E-state index in [0.717, 1.165) is 17.7 Å². The van der Waals surface area contributed by atoms with Gasteiger partial charge in [-0.1, -0.05) is 18.2 Å². The second-order valence-corrected chi connectivity index (χ2v) is 4.30. The monoisotopic (exact) mass is 274 g/mol. The van der Waals surface area contributed by atoms with Crippen molar-refractivity contribution < 1.29 is 14.3 Å². The first-order valence-corrected chi connectivity index (χ1v) is 6.14. The lowest BCUT2D eigenvalue weighted by molar-refractivity contribution is 0.102. The van der Waals surface area contributed by atoms with E-state index in [0.29, 0.717) is 12.2 Å². The van der Waals surface area contributed by atoms with Crippen molar-refractivity contribution in [2.75, 3.05) is 12.4 Å². The molecule has 0 fully saturated rings. The summed E-state index contributed by atoms with van der Waals surface area (Å²) in [6.45, 7) is 0.603. The minimum absolute atomic E-state index is 0.0330. The Balaban J connectivity index is 2.23. The number of hydrogen-bond donors (Lipinski definition) is 3. The van der Waals surface area contributed by atoms with Gasteiger partial charge in [-0.15, -0.1) is 0 Å². The smallest absolute Gasteiger partial charge is 0.259 e. The highest BCUT2D eigenvalue weighted by Gasteiger charge is 2.13. The van der Waals surface area contributed by atoms with Crippen molar-refractivity contribution in [1.29, 1.82) is 0 Å². The topological polar surface area (TPSA) is 61.4 Å². The molecule has 0 spiro atoms. The van der Waals surface area contributed by atoms with Gasteiger partial charge in [0.25, 0.3) is 5.91 Å². The summed E-state index contributed by atoms with van der Waals surface area (Å²) in [7, 11) is 1.81. The second kappa shape index (κ2) is 6.16. The van der Waals surface area contributed by atoms with Gasteiger partial charge in [0, 0.05) is 18.3 Å². The summed E-state index contributed by atoms with van der Waals surface area (Å²) in [5, 5.41) is 15.3. The van der Waals surface area contributed by atoms with E-state index in [9.17, 15) is 14.3 Å². The maximum Gasteiger partial charge on any atom is 0.259 e. The Kier molecular flexibility index (Phi) is 4.32. The van der Waals surface area contributed by atoms with Crippen LogP contribution in [-0.4, -0.2) is 18.1 Å². The van der Waals surface area contributed by atoms with Gasteiger partial charge in [0.15, 0.2) is 0 Å². The fourth-order valence-electron chi connectivity index (χ4n) is 1.87. The van der Waals surface area contributed by atoms with Crippen LogP contribution in [-0.2, 0) is 6.54 Å². The summed E-state index contributed by atoms with van der Waals surface area (Å²) in [4.78, 5) is 12.1. The molecule has 0 heterocycles. The molecule has 1 amide bonds. The van der Waals surface area contributed by atoms with E-state index in [1.165, 1.54) is 6.07 Å². The Labute approximate surface area is 116 Å². The number of hydrogen-bond acceptors (Lipinski definition) is 3. The van der Waals surface area contributed by atoms with Crippen molar-refractivity contribution in [3.8, 4) is 5.75 Å². The third-order valence-corrected chi connectivity index (χ3v) is 2.84. The first-order chi connectivity index (χ1) is 9.61. The van der Waals surface area contributed by atoms with Crippen LogP contribution in [0.4, 0.5) is 10.1 Å². The number of carbonyl (C=O) groups excluding carboxylic acids is 1. The Morgan fingerprint density at radius 1 is 1.25 bits per heavy atom. The molecule has 0 aliphatic carbocycles. The number of halogens is 1. The van der Waals surface area contributed by atoms with Gasteiger partial charge in [0.05, 0.1) is 5.56 Å². The van der Waals surface area contributed by atoms with Gasteiger partial charge in [-0.3, -0.25) is 4.79 Å². The molecular weight excluding hydrogens is 259 g/mol. The van der Waals surface area contributed by atoms with Gasteiger partial charge >= 0.3 is 0 Å². The molecule has 0 unspecified atom stereocenters. The Hall–Kier alpha value is -2.40. The lowest BCUT2D eigenvalue weighted by atomic mass is 10.1. The van der Waals surface area contributed by atoms with Gasteiger partial charge in [0.1, 0.15) is 11.6 Å². The molecule has 2 rings (SSSR count). The van der Waals surface area contributed by atoms with Crippen LogP contribution in [0.15, 0.2) is 42.5 Å². The molecular formula is C15H15FN2O2. The van der Waals surface area contributed by atoms with E-state index in [4.69, 9.17) is 0 Å². The zero-order chi connectivity index (χ0) is 14.5. The summed E-state index contributed by atoms with van der Waals surface area (Å²) < 4.78 is 12.9. The number of anilines is 1. The highest BCUT2D eigenvalue weighted by Crippen LogP contribution is 2.21. The second-order valence-electron chi connectivity index (χ2n) is 4.30. The SMILES string of the molecule is CNCc1ccccc1NC(=O)c1ccc(F)cc1O. The zero-order valence-corrected chi connectivity index (χ0v) is 11.0. The van der Waals surface area contributed by atoms with E-state index in [2.05, 4.69) is 10.6 Å². The van der Waals surface area contributed by atoms with E-state index in [1.807, 2.05) is 19.2 Å². The lowest BCUT2D eigenvalue weighted by Crippen LogP contribution is -2.15. The maximum atomic E-state index is 12.9. The van der Waals surface area contributed by atoms with Gasteiger partial charge in [-0.25, -0.2) is 4.39 Å². The van der Waals surface area contributed by atoms with Crippen LogP contribution in [0.1, 0.15) is 15.9 Å². The van der Waals surface area contributed by atoms with Crippen LogP contribution in [0.25, 0.3) is 0 Å². The molecule has 4 nitrogen and oxygen atoms in total. The number of nitrogens with one attached hydrogen (secondary N) is 2. The van der Waals surface area contributed by atoms with Gasteiger partial charge in [-0.2, -0.15) is 0 Å². The molecule has 0 aliphatic heterocycles. The van der Waals surface area contributed by atoms with E-state index < -0.39 is 11.7 Å². The Morgan fingerprint density at radius 2 is 2.00 bits per heavy atom. The quantitative estimate of drug-likeness (QED) is 0.802. The third-order valence-electron chi connectivity index (χ3n) is 2.84. The van der Waals surface area contributed by atoms with Gasteiger partial charge in [0.2, 0.25) is 0 Å². The lowest BCUT2D eigenvalue weighted by Gasteiger charge is -2.11. The molecule has 20 heavy (non-hydrogen) atoms. The number of para-hydroxylation sites is 1. The number of aromatic hydroxyl groups is 1. The molecule has 2 aromatic rings. The van der Waals surface area contributed by atoms with Crippen LogP contribution < -0.4 is 10.6 Å². The van der Waals surface area contributed by atoms with Crippen molar-refractivity contribution in [3.63, 3.8) is 0 Å². The molecule has 3 N–H and O–H groups in total. The number of rotatable bonds is 4. The van der Waals surface area contributed by atoms with E-state index >= 15 is 0 Å². The molecule has 104 valence electrons. The molecule has 0 aliphatic rings. The van der Waals surface area contributed by atoms with Gasteiger partial charge < -0.3 is 15.7 Å². The average molecular weight is 274 g/mol. The van der Waals surface area contributed by atoms with Crippen LogP contribution in [0.5, 0.6) is 5.75 Å². The number of amides is 1. The average Bonchev–Trinajstić information content (AvgIpc) is 2.41. The molecule has 2 aromatic carbocycles. The van der Waals surface area contributed by atoms with Crippen molar-refractivity contribution in [3.05, 3.63) is 59.4 Å². The highest BCUT2D eigenvalue weighted by molar-refractivity contribution is 6.06. The molecule has 0 saturated carbocycles. The van der Waals surface area contributed by atoms with Crippen LogP contribution in [0.2, 0.25) is 0 Å². The predicted molar refractivity (Wildman–Crippen MR) is 75.2 cm³/mol. The number of carbonyl (C=O) groups is 1. The van der Waals surface area contributed by atoms with Crippen molar-refractivity contribution in [2.24, 2.45) is 0 Å². The summed E-state index contributed by atoms with van der Waals surface area (Å²) >= 11 is 0. The fourth-order valence-corrected chi connectivity index (χ4v) is 1.87. The fraction of sp³-hybridized carbons (Fsp3) is 0.133. The normalized spacial score (nSPS) is 10.3. The van der Waals surface area contributed by atoms with Crippen LogP contribution >= 0.6 is 0 Å². The third kappa shape index (κ3) is 3.13. The summed E-state index contributed by atoms with van der Waals surface area (Å²) in [6, 6.07) is 10.6. The minimum Gasteiger partial charge on any atom is -0.507 e. The van der Waals surface area contributed by atoms with E-state index in [1.54, 1.807) is 12.1 Å². The molecule has 0 radical (unpaired) electrons.